The van der Waals surface area contributed by atoms with Crippen LogP contribution in [0.4, 0.5) is 0 Å². The highest BCUT2D eigenvalue weighted by Gasteiger charge is 2.26. The summed E-state index contributed by atoms with van der Waals surface area (Å²) >= 11 is 0. The van der Waals surface area contributed by atoms with Crippen molar-refractivity contribution in [3.63, 3.8) is 0 Å². The normalized spacial score (nSPS) is 13.3. The zero-order valence-corrected chi connectivity index (χ0v) is 60.2. The monoisotopic (exact) mass is 1390 g/mol. The Kier molecular flexibility index (Phi) is 13.9. The van der Waals surface area contributed by atoms with Crippen LogP contribution in [0.25, 0.3) is 213 Å². The molecule has 1 atom stereocenters. The van der Waals surface area contributed by atoms with Crippen LogP contribution in [0.1, 0.15) is 23.5 Å². The minimum atomic E-state index is 0.350. The van der Waals surface area contributed by atoms with E-state index in [1.807, 2.05) is 0 Å². The van der Waals surface area contributed by atoms with E-state index in [1.54, 1.807) is 0 Å². The van der Waals surface area contributed by atoms with E-state index in [9.17, 15) is 0 Å². The van der Waals surface area contributed by atoms with Gasteiger partial charge in [0.05, 0.1) is 22.1 Å². The molecule has 0 aliphatic heterocycles. The second kappa shape index (κ2) is 24.7. The van der Waals surface area contributed by atoms with E-state index >= 15 is 0 Å². The third kappa shape index (κ3) is 9.56. The molecule has 20 aromatic carbocycles. The van der Waals surface area contributed by atoms with Crippen molar-refractivity contribution in [1.29, 1.82) is 0 Å². The molecular formula is C108H68N2. The average molecular weight is 1390 g/mol. The fourth-order valence-corrected chi connectivity index (χ4v) is 19.1. The highest BCUT2D eigenvalue weighted by molar-refractivity contribution is 6.40. The topological polar surface area (TPSA) is 9.86 Å². The predicted octanol–water partition coefficient (Wildman–Crippen LogP) is 29.7. The Morgan fingerprint density at radius 2 is 0.573 bits per heavy atom. The molecule has 1 aliphatic carbocycles. The molecule has 22 aromatic rings. The first-order valence-corrected chi connectivity index (χ1v) is 38.5. The van der Waals surface area contributed by atoms with Gasteiger partial charge in [-0.3, -0.25) is 0 Å². The molecule has 0 radical (unpaired) electrons. The summed E-state index contributed by atoms with van der Waals surface area (Å²) in [5.41, 5.74) is 23.1. The SMILES string of the molecule is C1=CC(c2ccc(-c3ccccc3)cc2)CC=C1c1ccc(-n2c3ccccc3c3c4c5ccccc5c(-c5ccc(-c6ccc7c8ccc(-c9cccc(-n%10c%11ccccc%11c%11c%12c%13ccccc%13c(-c%13ccccc%13)cc%12c%12ccccc%12c%11%10)c9)cc8c8ccccc8c7c6)cc5)cc4c4ccccc4c32)cc1. The van der Waals surface area contributed by atoms with Crippen molar-refractivity contribution in [2.24, 2.45) is 0 Å². The molecule has 2 heteroatoms. The third-order valence-corrected chi connectivity index (χ3v) is 24.2. The second-order valence-electron chi connectivity index (χ2n) is 30.0. The molecule has 0 bridgehead atoms. The Balaban J connectivity index is 0.590. The molecule has 0 saturated heterocycles. The highest BCUT2D eigenvalue weighted by atomic mass is 15.0. The van der Waals surface area contributed by atoms with E-state index < -0.39 is 0 Å². The van der Waals surface area contributed by atoms with E-state index in [0.29, 0.717) is 5.92 Å². The zero-order chi connectivity index (χ0) is 72.1. The first-order chi connectivity index (χ1) is 54.6. The molecule has 510 valence electrons. The van der Waals surface area contributed by atoms with E-state index in [0.717, 1.165) is 17.8 Å². The Labute approximate surface area is 635 Å². The van der Waals surface area contributed by atoms with Gasteiger partial charge in [0.1, 0.15) is 0 Å². The van der Waals surface area contributed by atoms with Crippen LogP contribution < -0.4 is 0 Å². The Hall–Kier alpha value is -14.2. The molecular weight excluding hydrogens is 1330 g/mol. The van der Waals surface area contributed by atoms with Gasteiger partial charge < -0.3 is 9.13 Å². The van der Waals surface area contributed by atoms with Gasteiger partial charge in [-0.25, -0.2) is 0 Å². The van der Waals surface area contributed by atoms with Crippen LogP contribution in [-0.2, 0) is 0 Å². The minimum absolute atomic E-state index is 0.350. The Morgan fingerprint density at radius 1 is 0.209 bits per heavy atom. The maximum Gasteiger partial charge on any atom is 0.0626 e. The van der Waals surface area contributed by atoms with Crippen molar-refractivity contribution < 1.29 is 0 Å². The van der Waals surface area contributed by atoms with Crippen LogP contribution >= 0.6 is 0 Å². The number of benzene rings is 20. The summed E-state index contributed by atoms with van der Waals surface area (Å²) in [5, 5.41) is 27.7. The molecule has 2 nitrogen and oxygen atoms in total. The summed E-state index contributed by atoms with van der Waals surface area (Å²) in [4.78, 5) is 0. The number of hydrogen-bond acceptors (Lipinski definition) is 0. The molecule has 0 saturated carbocycles. The number of allylic oxidation sites excluding steroid dienone is 4. The fraction of sp³-hybridized carbons (Fsp3) is 0.0185. The van der Waals surface area contributed by atoms with Crippen molar-refractivity contribution in [3.05, 3.63) is 405 Å². The van der Waals surface area contributed by atoms with Gasteiger partial charge in [0.25, 0.3) is 0 Å². The summed E-state index contributed by atoms with van der Waals surface area (Å²) in [5.74, 6) is 0.350. The van der Waals surface area contributed by atoms with Crippen molar-refractivity contribution in [2.75, 3.05) is 0 Å². The molecule has 0 amide bonds. The second-order valence-corrected chi connectivity index (χ2v) is 30.0. The molecule has 0 spiro atoms. The standard InChI is InChI=1S/C108H68N2/c1-3-22-67(23-4-1)68-42-44-69(45-43-68)70-46-48-71(49-47-70)72-54-58-79(59-55-72)109-101-40-19-17-38-93(101)105-103-90-35-14-10-31-84(90)96(66-100(103)85-32-11-15-36-91(85)107(105)109)75-52-50-73(51-53-75)77-56-60-87-88-61-57-78(64-98(88)82-29-8-7-28-81(82)97(87)63-77)76-26-21-27-80(62-76)110-102-41-20-18-39-94(102)106-104-89-34-13-9-30-83(89)95(74-24-5-2-6-25-74)65-99(104)86-33-12-16-37-92(86)108(106)110/h1-46,48-66,70H,47H2. The molecule has 1 aliphatic rings. The summed E-state index contributed by atoms with van der Waals surface area (Å²) in [6, 6.07) is 141. The average Bonchev–Trinajstić information content (AvgIpc) is 1.50. The minimum Gasteiger partial charge on any atom is -0.309 e. The Bertz CT molecular complexity index is 7660. The lowest BCUT2D eigenvalue weighted by atomic mass is 9.87. The zero-order valence-electron chi connectivity index (χ0n) is 60.2. The van der Waals surface area contributed by atoms with Gasteiger partial charge in [0, 0.05) is 60.4 Å². The predicted molar refractivity (Wildman–Crippen MR) is 471 cm³/mol. The van der Waals surface area contributed by atoms with Crippen LogP contribution in [-0.4, -0.2) is 9.13 Å². The van der Waals surface area contributed by atoms with Gasteiger partial charge in [0.2, 0.25) is 0 Å². The lowest BCUT2D eigenvalue weighted by Gasteiger charge is -2.18. The number of aromatic nitrogens is 2. The maximum absolute atomic E-state index is 2.53. The van der Waals surface area contributed by atoms with E-state index in [2.05, 4.69) is 403 Å². The van der Waals surface area contributed by atoms with Gasteiger partial charge in [-0.2, -0.15) is 0 Å². The maximum atomic E-state index is 2.53. The fourth-order valence-electron chi connectivity index (χ4n) is 19.1. The first-order valence-electron chi connectivity index (χ1n) is 38.5. The highest BCUT2D eigenvalue weighted by Crippen LogP contribution is 2.51. The third-order valence-electron chi connectivity index (χ3n) is 24.2. The van der Waals surface area contributed by atoms with Crippen LogP contribution in [0, 0.1) is 0 Å². The Morgan fingerprint density at radius 3 is 1.10 bits per heavy atom. The van der Waals surface area contributed by atoms with Crippen LogP contribution in [0.15, 0.2) is 394 Å². The van der Waals surface area contributed by atoms with Gasteiger partial charge in [0.15, 0.2) is 0 Å². The molecule has 2 aromatic heterocycles. The van der Waals surface area contributed by atoms with Crippen LogP contribution in [0.3, 0.4) is 0 Å². The molecule has 2 heterocycles. The first kappa shape index (κ1) is 62.1. The quantitative estimate of drug-likeness (QED) is 0.128. The number of para-hydroxylation sites is 2. The van der Waals surface area contributed by atoms with Gasteiger partial charge in [-0.1, -0.05) is 334 Å². The molecule has 0 N–H and O–H groups in total. The van der Waals surface area contributed by atoms with Gasteiger partial charge in [-0.15, -0.1) is 0 Å². The number of nitrogens with zero attached hydrogens (tertiary/aromatic N) is 2. The van der Waals surface area contributed by atoms with Crippen molar-refractivity contribution in [1.82, 2.24) is 9.13 Å². The number of hydrogen-bond donors (Lipinski definition) is 0. The van der Waals surface area contributed by atoms with E-state index in [1.165, 1.54) is 213 Å². The molecule has 110 heavy (non-hydrogen) atoms. The van der Waals surface area contributed by atoms with Gasteiger partial charge in [-0.05, 0) is 215 Å². The van der Waals surface area contributed by atoms with Gasteiger partial charge >= 0.3 is 0 Å². The molecule has 23 rings (SSSR count). The molecule has 0 fully saturated rings. The van der Waals surface area contributed by atoms with Crippen LogP contribution in [0.2, 0.25) is 0 Å². The number of fused-ring (bicyclic) bond motifs is 26. The van der Waals surface area contributed by atoms with Crippen LogP contribution in [0.5, 0.6) is 0 Å². The summed E-state index contributed by atoms with van der Waals surface area (Å²) < 4.78 is 5.05. The largest absolute Gasteiger partial charge is 0.309 e. The number of rotatable bonds is 9. The van der Waals surface area contributed by atoms with Crippen molar-refractivity contribution in [3.8, 4) is 67.0 Å². The molecule has 1 unspecified atom stereocenters. The summed E-state index contributed by atoms with van der Waals surface area (Å²) in [6.07, 6.45) is 8.09. The van der Waals surface area contributed by atoms with E-state index in [-0.39, 0.29) is 0 Å². The van der Waals surface area contributed by atoms with Crippen molar-refractivity contribution >= 4 is 146 Å². The lowest BCUT2D eigenvalue weighted by molar-refractivity contribution is 0.857. The lowest BCUT2D eigenvalue weighted by Crippen LogP contribution is -1.99. The summed E-state index contributed by atoms with van der Waals surface area (Å²) in [7, 11) is 0. The summed E-state index contributed by atoms with van der Waals surface area (Å²) in [6.45, 7) is 0. The van der Waals surface area contributed by atoms with Crippen molar-refractivity contribution in [2.45, 2.75) is 12.3 Å². The van der Waals surface area contributed by atoms with E-state index in [4.69, 9.17) is 0 Å². The smallest absolute Gasteiger partial charge is 0.0626 e.